The summed E-state index contributed by atoms with van der Waals surface area (Å²) in [7, 11) is 1.37. The molecule has 9 heteroatoms. The predicted octanol–water partition coefficient (Wildman–Crippen LogP) is 5.39. The summed E-state index contributed by atoms with van der Waals surface area (Å²) in [6.45, 7) is 1.91. The van der Waals surface area contributed by atoms with Crippen molar-refractivity contribution in [3.05, 3.63) is 107 Å². The van der Waals surface area contributed by atoms with Gasteiger partial charge in [0.15, 0.2) is 0 Å². The molecule has 0 saturated carbocycles. The number of carbonyl (C=O) groups is 3. The van der Waals surface area contributed by atoms with E-state index in [0.29, 0.717) is 24.3 Å². The number of nitrogens with one attached hydrogen (secondary N) is 2. The number of fused-ring (bicyclic) bond motifs is 4. The number of benzene rings is 2. The Labute approximate surface area is 255 Å². The number of ether oxygens (including phenoxy) is 1. The second-order valence-corrected chi connectivity index (χ2v) is 11.2. The first-order chi connectivity index (χ1) is 21.4. The molecule has 1 unspecified atom stereocenters. The Kier molecular flexibility index (Phi) is 7.93. The van der Waals surface area contributed by atoms with E-state index in [1.54, 1.807) is 18.6 Å². The molecule has 2 aromatic carbocycles. The minimum Gasteiger partial charge on any atom is -0.469 e. The normalized spacial score (nSPS) is 17.5. The Hall–Kier alpha value is -5.31. The number of rotatable bonds is 8. The molecule has 1 aliphatic carbocycles. The molecule has 6 rings (SSSR count). The van der Waals surface area contributed by atoms with Crippen LogP contribution in [0.3, 0.4) is 0 Å². The summed E-state index contributed by atoms with van der Waals surface area (Å²) < 4.78 is 6.81. The van der Waals surface area contributed by atoms with Gasteiger partial charge in [-0.3, -0.25) is 19.4 Å². The number of esters is 1. The zero-order valence-electron chi connectivity index (χ0n) is 24.7. The van der Waals surface area contributed by atoms with Gasteiger partial charge >= 0.3 is 5.97 Å². The average Bonchev–Trinajstić information content (AvgIpc) is 3.54. The lowest BCUT2D eigenvalue weighted by Crippen LogP contribution is -2.38. The van der Waals surface area contributed by atoms with Gasteiger partial charge in [-0.05, 0) is 72.4 Å². The topological polar surface area (TPSA) is 115 Å². The quantitative estimate of drug-likeness (QED) is 0.163. The summed E-state index contributed by atoms with van der Waals surface area (Å²) in [5.74, 6) is 0.0708. The van der Waals surface area contributed by atoms with Crippen molar-refractivity contribution in [1.82, 2.24) is 9.55 Å². The molecule has 3 heterocycles. The zero-order chi connectivity index (χ0) is 30.7. The van der Waals surface area contributed by atoms with Crippen molar-refractivity contribution in [3.63, 3.8) is 0 Å². The first kappa shape index (κ1) is 28.8. The van der Waals surface area contributed by atoms with Crippen LogP contribution in [0.5, 0.6) is 0 Å². The summed E-state index contributed by atoms with van der Waals surface area (Å²) in [4.78, 5) is 46.6. The van der Waals surface area contributed by atoms with E-state index in [1.165, 1.54) is 12.7 Å². The molecule has 2 N–H and O–H groups in total. The molecule has 0 saturated heterocycles. The van der Waals surface area contributed by atoms with Gasteiger partial charge in [-0.1, -0.05) is 36.4 Å². The van der Waals surface area contributed by atoms with Crippen LogP contribution in [-0.4, -0.2) is 40.7 Å². The number of aliphatic imine (C=N–C) groups is 1. The largest absolute Gasteiger partial charge is 0.469 e. The predicted molar refractivity (Wildman–Crippen MR) is 172 cm³/mol. The number of nitrogens with zero attached hydrogens (tertiary/aromatic N) is 3. The Morgan fingerprint density at radius 1 is 1.11 bits per heavy atom. The number of pyridine rings is 1. The Balaban J connectivity index is 1.23. The molecule has 2 aliphatic rings. The Morgan fingerprint density at radius 3 is 2.82 bits per heavy atom. The van der Waals surface area contributed by atoms with E-state index < -0.39 is 0 Å². The van der Waals surface area contributed by atoms with Crippen molar-refractivity contribution in [1.29, 1.82) is 0 Å². The standard InChI is InChI=1S/C35H33N5O4/c1-3-36-14-5-4-8-23-9-6-11-29-33(23)26(17-32(43)44-2)21-40(29)22-31(42)38-27-13-12-24-18-35(19-25(24)16-27)20-30(41)39-34-28(35)10-7-15-37-34/h3-16,21H,17-20,22H2,1-2H3,(H,38,42)(H,37,39,41)/b8-4+,14-5-,36-3?. The molecule has 0 bridgehead atoms. The number of hydrogen-bond acceptors (Lipinski definition) is 6. The van der Waals surface area contributed by atoms with Crippen LogP contribution in [0.25, 0.3) is 17.0 Å². The minimum atomic E-state index is -0.353. The third-order valence-electron chi connectivity index (χ3n) is 8.28. The van der Waals surface area contributed by atoms with Crippen molar-refractivity contribution < 1.29 is 19.1 Å². The number of hydrogen-bond donors (Lipinski definition) is 2. The molecule has 44 heavy (non-hydrogen) atoms. The molecule has 222 valence electrons. The number of amides is 2. The molecule has 9 nitrogen and oxygen atoms in total. The summed E-state index contributed by atoms with van der Waals surface area (Å²) in [5, 5.41) is 6.85. The highest BCUT2D eigenvalue weighted by Crippen LogP contribution is 2.47. The summed E-state index contributed by atoms with van der Waals surface area (Å²) in [5.41, 5.74) is 6.27. The van der Waals surface area contributed by atoms with Crippen LogP contribution in [0.1, 0.15) is 41.2 Å². The van der Waals surface area contributed by atoms with E-state index in [0.717, 1.165) is 39.6 Å². The molecular formula is C35H33N5O4. The molecule has 2 amide bonds. The minimum absolute atomic E-state index is 0.0242. The molecular weight excluding hydrogens is 554 g/mol. The highest BCUT2D eigenvalue weighted by Gasteiger charge is 2.45. The zero-order valence-corrected chi connectivity index (χ0v) is 24.7. The fourth-order valence-electron chi connectivity index (χ4n) is 6.46. The maximum absolute atomic E-state index is 13.4. The number of carbonyl (C=O) groups excluding carboxylic acids is 3. The van der Waals surface area contributed by atoms with Crippen LogP contribution in [-0.2, 0) is 50.3 Å². The van der Waals surface area contributed by atoms with Crippen molar-refractivity contribution in [2.45, 2.75) is 44.6 Å². The van der Waals surface area contributed by atoms with Gasteiger partial charge in [-0.25, -0.2) is 4.98 Å². The third-order valence-corrected chi connectivity index (χ3v) is 8.28. The number of methoxy groups -OCH3 is 1. The van der Waals surface area contributed by atoms with E-state index in [-0.39, 0.29) is 36.2 Å². The first-order valence-corrected chi connectivity index (χ1v) is 14.5. The maximum Gasteiger partial charge on any atom is 0.310 e. The van der Waals surface area contributed by atoms with Crippen molar-refractivity contribution >= 4 is 52.5 Å². The van der Waals surface area contributed by atoms with Crippen LogP contribution in [0.2, 0.25) is 0 Å². The molecule has 4 aromatic rings. The van der Waals surface area contributed by atoms with Gasteiger partial charge in [0.2, 0.25) is 11.8 Å². The Bertz CT molecular complexity index is 1870. The van der Waals surface area contributed by atoms with E-state index in [9.17, 15) is 14.4 Å². The number of aromatic nitrogens is 2. The number of anilines is 2. The fourth-order valence-corrected chi connectivity index (χ4v) is 6.46. The van der Waals surface area contributed by atoms with E-state index in [2.05, 4.69) is 20.6 Å². The van der Waals surface area contributed by atoms with Crippen LogP contribution in [0.15, 0.2) is 84.3 Å². The van der Waals surface area contributed by atoms with E-state index >= 15 is 0 Å². The molecule has 2 aromatic heterocycles. The lowest BCUT2D eigenvalue weighted by atomic mass is 9.73. The van der Waals surface area contributed by atoms with Crippen molar-refractivity contribution in [3.8, 4) is 0 Å². The van der Waals surface area contributed by atoms with Crippen molar-refractivity contribution in [2.75, 3.05) is 17.7 Å². The van der Waals surface area contributed by atoms with Gasteiger partial charge in [-0.15, -0.1) is 0 Å². The van der Waals surface area contributed by atoms with Gasteiger partial charge in [0, 0.05) is 58.8 Å². The molecule has 0 radical (unpaired) electrons. The van der Waals surface area contributed by atoms with Crippen LogP contribution in [0, 0.1) is 0 Å². The monoisotopic (exact) mass is 587 g/mol. The second kappa shape index (κ2) is 12.1. The second-order valence-electron chi connectivity index (χ2n) is 11.2. The third kappa shape index (κ3) is 5.68. The lowest BCUT2D eigenvalue weighted by molar-refractivity contribution is -0.139. The first-order valence-electron chi connectivity index (χ1n) is 14.5. The average molecular weight is 588 g/mol. The van der Waals surface area contributed by atoms with Gasteiger partial charge in [-0.2, -0.15) is 0 Å². The molecule has 0 fully saturated rings. The highest BCUT2D eigenvalue weighted by atomic mass is 16.5. The lowest BCUT2D eigenvalue weighted by Gasteiger charge is -2.34. The van der Waals surface area contributed by atoms with Crippen LogP contribution in [0.4, 0.5) is 11.5 Å². The number of allylic oxidation sites excluding steroid dienone is 2. The molecule has 1 spiro atoms. The van der Waals surface area contributed by atoms with Gasteiger partial charge < -0.3 is 19.9 Å². The summed E-state index contributed by atoms with van der Waals surface area (Å²) >= 11 is 0. The van der Waals surface area contributed by atoms with E-state index in [4.69, 9.17) is 4.74 Å². The molecule has 1 atom stereocenters. The highest BCUT2D eigenvalue weighted by molar-refractivity contribution is 5.97. The maximum atomic E-state index is 13.4. The summed E-state index contributed by atoms with van der Waals surface area (Å²) in [6.07, 6.45) is 14.6. The van der Waals surface area contributed by atoms with Crippen molar-refractivity contribution in [2.24, 2.45) is 4.99 Å². The van der Waals surface area contributed by atoms with Crippen LogP contribution >= 0.6 is 0 Å². The molecule has 1 aliphatic heterocycles. The fraction of sp³-hybridized carbons (Fsp3) is 0.229. The summed E-state index contributed by atoms with van der Waals surface area (Å²) in [6, 6.07) is 15.8. The smallest absolute Gasteiger partial charge is 0.310 e. The van der Waals surface area contributed by atoms with Gasteiger partial charge in [0.1, 0.15) is 12.4 Å². The SMILES string of the molecule is CC=N/C=C\C=C\c1cccc2c1c(CC(=O)OC)cn2CC(=O)Nc1ccc2c(c1)CC1(CC(=O)Nc3ncccc31)C2. The van der Waals surface area contributed by atoms with Crippen LogP contribution < -0.4 is 10.6 Å². The van der Waals surface area contributed by atoms with E-state index in [1.807, 2.05) is 84.4 Å². The Morgan fingerprint density at radius 2 is 1.98 bits per heavy atom. The van der Waals surface area contributed by atoms with Gasteiger partial charge in [0.25, 0.3) is 0 Å². The van der Waals surface area contributed by atoms with Gasteiger partial charge in [0.05, 0.1) is 13.5 Å².